The van der Waals surface area contributed by atoms with Crippen LogP contribution in [0.2, 0.25) is 0 Å². The molecule has 0 radical (unpaired) electrons. The molecule has 2 amide bonds. The predicted molar refractivity (Wildman–Crippen MR) is 113 cm³/mol. The Bertz CT molecular complexity index is 818. The van der Waals surface area contributed by atoms with Gasteiger partial charge in [0.25, 0.3) is 5.91 Å². The number of carbonyl (C=O) groups is 2. The zero-order chi connectivity index (χ0) is 21.8. The number of amides is 2. The number of anilines is 1. The zero-order valence-corrected chi connectivity index (χ0v) is 18.3. The van der Waals surface area contributed by atoms with Crippen molar-refractivity contribution in [3.8, 4) is 11.5 Å². The molecule has 2 heterocycles. The zero-order valence-electron chi connectivity index (χ0n) is 18.3. The fourth-order valence-electron chi connectivity index (χ4n) is 3.63. The van der Waals surface area contributed by atoms with Crippen LogP contribution >= 0.6 is 0 Å². The molecule has 9 heteroatoms. The molecule has 1 aromatic carbocycles. The smallest absolute Gasteiger partial charge is 0.409 e. The first-order chi connectivity index (χ1) is 14.4. The van der Waals surface area contributed by atoms with E-state index < -0.39 is 6.04 Å². The number of carbonyl (C=O) groups excluding carboxylic acids is 2. The molecule has 0 aromatic heterocycles. The van der Waals surface area contributed by atoms with Crippen molar-refractivity contribution in [3.05, 3.63) is 18.2 Å². The summed E-state index contributed by atoms with van der Waals surface area (Å²) in [6.07, 6.45) is -0.310. The van der Waals surface area contributed by atoms with Crippen molar-refractivity contribution >= 4 is 23.6 Å². The highest BCUT2D eigenvalue weighted by atomic mass is 16.6. The first-order valence-corrected chi connectivity index (χ1v) is 10.2. The monoisotopic (exact) mass is 418 g/mol. The largest absolute Gasteiger partial charge is 0.497 e. The van der Waals surface area contributed by atoms with Crippen LogP contribution < -0.4 is 14.4 Å². The minimum absolute atomic E-state index is 0.0579. The van der Waals surface area contributed by atoms with Crippen molar-refractivity contribution in [1.29, 1.82) is 0 Å². The molecule has 1 saturated heterocycles. The Balaban J connectivity index is 1.89. The highest BCUT2D eigenvalue weighted by Gasteiger charge is 2.41. The van der Waals surface area contributed by atoms with E-state index in [0.717, 1.165) is 0 Å². The molecule has 2 aliphatic rings. The summed E-state index contributed by atoms with van der Waals surface area (Å²) in [4.78, 5) is 35.4. The molecular weight excluding hydrogens is 388 g/mol. The fraction of sp³-hybridized carbons (Fsp3) is 0.571. The van der Waals surface area contributed by atoms with E-state index >= 15 is 0 Å². The van der Waals surface area contributed by atoms with Crippen LogP contribution in [0.4, 0.5) is 10.5 Å². The number of nitrogens with zero attached hydrogens (tertiary/aromatic N) is 4. The van der Waals surface area contributed by atoms with E-state index in [1.54, 1.807) is 43.1 Å². The standard InChI is InChI=1S/C21H30N4O5/c1-6-30-21(27)24-11-9-23(10-12-24)20-22-18(14(2)3)19(26)25(20)16-8-7-15(28-4)13-17(16)29-5/h7-8,13-14,18H,6,9-12H2,1-5H3/t18-/m0/s1. The third-order valence-electron chi connectivity index (χ3n) is 5.28. The number of hydrogen-bond donors (Lipinski definition) is 0. The number of guanidine groups is 1. The highest BCUT2D eigenvalue weighted by Crippen LogP contribution is 2.36. The summed E-state index contributed by atoms with van der Waals surface area (Å²) in [5.41, 5.74) is 0.623. The summed E-state index contributed by atoms with van der Waals surface area (Å²) in [7, 11) is 3.15. The van der Waals surface area contributed by atoms with Gasteiger partial charge in [0.2, 0.25) is 5.96 Å². The Morgan fingerprint density at radius 3 is 2.43 bits per heavy atom. The molecule has 30 heavy (non-hydrogen) atoms. The van der Waals surface area contributed by atoms with Crippen molar-refractivity contribution < 1.29 is 23.8 Å². The molecule has 1 aromatic rings. The number of methoxy groups -OCH3 is 2. The molecular formula is C21H30N4O5. The molecule has 0 unspecified atom stereocenters. The molecule has 0 spiro atoms. The summed E-state index contributed by atoms with van der Waals surface area (Å²) >= 11 is 0. The predicted octanol–water partition coefficient (Wildman–Crippen LogP) is 2.21. The van der Waals surface area contributed by atoms with Gasteiger partial charge in [0.15, 0.2) is 0 Å². The molecule has 1 fully saturated rings. The van der Waals surface area contributed by atoms with Gasteiger partial charge >= 0.3 is 6.09 Å². The van der Waals surface area contributed by atoms with Gasteiger partial charge in [-0.15, -0.1) is 0 Å². The van der Waals surface area contributed by atoms with E-state index in [1.807, 2.05) is 24.8 Å². The van der Waals surface area contributed by atoms with Gasteiger partial charge in [-0.05, 0) is 25.0 Å². The molecule has 164 valence electrons. The Labute approximate surface area is 177 Å². The van der Waals surface area contributed by atoms with E-state index in [1.165, 1.54) is 0 Å². The van der Waals surface area contributed by atoms with E-state index in [2.05, 4.69) is 0 Å². The van der Waals surface area contributed by atoms with Crippen LogP contribution in [-0.4, -0.2) is 80.8 Å². The topological polar surface area (TPSA) is 83.9 Å². The van der Waals surface area contributed by atoms with Gasteiger partial charge in [-0.3, -0.25) is 4.79 Å². The van der Waals surface area contributed by atoms with Crippen molar-refractivity contribution in [2.45, 2.75) is 26.8 Å². The second kappa shape index (κ2) is 9.23. The number of rotatable bonds is 5. The van der Waals surface area contributed by atoms with Crippen LogP contribution in [0.1, 0.15) is 20.8 Å². The summed E-state index contributed by atoms with van der Waals surface area (Å²) in [5, 5.41) is 0. The van der Waals surface area contributed by atoms with Crippen LogP contribution in [0.3, 0.4) is 0 Å². The molecule has 0 N–H and O–H groups in total. The van der Waals surface area contributed by atoms with Crippen LogP contribution in [0.25, 0.3) is 0 Å². The molecule has 1 atom stereocenters. The average molecular weight is 418 g/mol. The number of ether oxygens (including phenoxy) is 3. The summed E-state index contributed by atoms with van der Waals surface area (Å²) < 4.78 is 15.9. The van der Waals surface area contributed by atoms with E-state index in [4.69, 9.17) is 19.2 Å². The maximum atomic E-state index is 13.3. The van der Waals surface area contributed by atoms with Crippen molar-refractivity contribution in [2.75, 3.05) is 51.9 Å². The Hall–Kier alpha value is -2.97. The summed E-state index contributed by atoms with van der Waals surface area (Å²) in [5.74, 6) is 1.73. The second-order valence-corrected chi connectivity index (χ2v) is 7.50. The van der Waals surface area contributed by atoms with Gasteiger partial charge in [0.1, 0.15) is 17.5 Å². The van der Waals surface area contributed by atoms with Crippen LogP contribution in [0.15, 0.2) is 23.2 Å². The van der Waals surface area contributed by atoms with Crippen molar-refractivity contribution in [2.24, 2.45) is 10.9 Å². The maximum absolute atomic E-state index is 13.3. The average Bonchev–Trinajstić information content (AvgIpc) is 3.10. The number of hydrogen-bond acceptors (Lipinski definition) is 7. The molecule has 0 saturated carbocycles. The molecule has 2 aliphatic heterocycles. The van der Waals surface area contributed by atoms with Gasteiger partial charge in [-0.1, -0.05) is 13.8 Å². The lowest BCUT2D eigenvalue weighted by molar-refractivity contribution is -0.119. The van der Waals surface area contributed by atoms with Crippen LogP contribution in [0, 0.1) is 5.92 Å². The van der Waals surface area contributed by atoms with Gasteiger partial charge in [0.05, 0.1) is 26.5 Å². The minimum atomic E-state index is -0.463. The molecule has 0 aliphatic carbocycles. The Kier molecular flexibility index (Phi) is 6.69. The first kappa shape index (κ1) is 21.7. The molecule has 3 rings (SSSR count). The van der Waals surface area contributed by atoms with Crippen LogP contribution in [0.5, 0.6) is 11.5 Å². The van der Waals surface area contributed by atoms with Gasteiger partial charge in [0, 0.05) is 32.2 Å². The summed E-state index contributed by atoms with van der Waals surface area (Å²) in [6, 6.07) is 4.89. The fourth-order valence-corrected chi connectivity index (χ4v) is 3.63. The third-order valence-corrected chi connectivity index (χ3v) is 5.28. The number of benzene rings is 1. The number of piperazine rings is 1. The quantitative estimate of drug-likeness (QED) is 0.729. The summed E-state index contributed by atoms with van der Waals surface area (Å²) in [6.45, 7) is 8.24. The van der Waals surface area contributed by atoms with Gasteiger partial charge in [-0.25, -0.2) is 14.7 Å². The Morgan fingerprint density at radius 1 is 1.17 bits per heavy atom. The maximum Gasteiger partial charge on any atom is 0.409 e. The van der Waals surface area contributed by atoms with Gasteiger partial charge < -0.3 is 24.0 Å². The molecule has 0 bridgehead atoms. The Morgan fingerprint density at radius 2 is 1.87 bits per heavy atom. The van der Waals surface area contributed by atoms with Gasteiger partial charge in [-0.2, -0.15) is 0 Å². The SMILES string of the molecule is CCOC(=O)N1CCN(C2=N[C@@H](C(C)C)C(=O)N2c2ccc(OC)cc2OC)CC1. The highest BCUT2D eigenvalue weighted by molar-refractivity contribution is 6.22. The molecule has 9 nitrogen and oxygen atoms in total. The lowest BCUT2D eigenvalue weighted by Crippen LogP contribution is -2.54. The van der Waals surface area contributed by atoms with Crippen molar-refractivity contribution in [1.82, 2.24) is 9.80 Å². The van der Waals surface area contributed by atoms with E-state index in [-0.39, 0.29) is 17.9 Å². The van der Waals surface area contributed by atoms with Crippen LogP contribution in [-0.2, 0) is 9.53 Å². The lowest BCUT2D eigenvalue weighted by Gasteiger charge is -2.37. The first-order valence-electron chi connectivity index (χ1n) is 10.2. The van der Waals surface area contributed by atoms with Crippen molar-refractivity contribution in [3.63, 3.8) is 0 Å². The number of aliphatic imine (C=N–C) groups is 1. The lowest BCUT2D eigenvalue weighted by atomic mass is 10.0. The van der Waals surface area contributed by atoms with E-state index in [9.17, 15) is 9.59 Å². The van der Waals surface area contributed by atoms with E-state index in [0.29, 0.717) is 55.9 Å². The normalized spacial score (nSPS) is 19.3. The third kappa shape index (κ3) is 4.15. The second-order valence-electron chi connectivity index (χ2n) is 7.50. The minimum Gasteiger partial charge on any atom is -0.497 e.